The first-order valence-electron chi connectivity index (χ1n) is 7.53. The third-order valence-electron chi connectivity index (χ3n) is 4.41. The molecule has 2 bridgehead atoms. The van der Waals surface area contributed by atoms with E-state index >= 15 is 0 Å². The van der Waals surface area contributed by atoms with E-state index in [4.69, 9.17) is 4.74 Å². The predicted octanol–water partition coefficient (Wildman–Crippen LogP) is 2.38. The van der Waals surface area contributed by atoms with Crippen LogP contribution >= 0.6 is 0 Å². The van der Waals surface area contributed by atoms with Crippen molar-refractivity contribution in [1.82, 2.24) is 4.90 Å². The lowest BCUT2D eigenvalue weighted by Gasteiger charge is -2.37. The number of hydrogen-bond donors (Lipinski definition) is 1. The maximum atomic E-state index is 12.7. The molecule has 2 aliphatic rings. The van der Waals surface area contributed by atoms with Crippen molar-refractivity contribution in [3.8, 4) is 5.75 Å². The van der Waals surface area contributed by atoms with E-state index in [2.05, 4.69) is 6.58 Å². The summed E-state index contributed by atoms with van der Waals surface area (Å²) in [5.74, 6) is 0.813. The molecule has 2 fully saturated rings. The molecule has 3 rings (SSSR count). The number of nitrogens with zero attached hydrogens (tertiary/aromatic N) is 1. The second-order valence-corrected chi connectivity index (χ2v) is 5.85. The smallest absolute Gasteiger partial charge is 0.254 e. The molecule has 1 N–H and O–H groups in total. The van der Waals surface area contributed by atoms with Crippen LogP contribution in [0.5, 0.6) is 5.75 Å². The highest BCUT2D eigenvalue weighted by molar-refractivity contribution is 5.95. The number of fused-ring (bicyclic) bond motifs is 2. The molecule has 1 aromatic rings. The fourth-order valence-corrected chi connectivity index (χ4v) is 3.48. The lowest BCUT2D eigenvalue weighted by Crippen LogP contribution is -2.47. The third kappa shape index (κ3) is 2.81. The van der Waals surface area contributed by atoms with E-state index in [0.717, 1.165) is 18.6 Å². The van der Waals surface area contributed by atoms with Crippen molar-refractivity contribution in [2.24, 2.45) is 0 Å². The van der Waals surface area contributed by atoms with Crippen molar-refractivity contribution in [2.45, 2.75) is 43.9 Å². The highest BCUT2D eigenvalue weighted by atomic mass is 16.5. The summed E-state index contributed by atoms with van der Waals surface area (Å²) < 4.78 is 5.43. The summed E-state index contributed by atoms with van der Waals surface area (Å²) in [6.07, 6.45) is 4.88. The number of aliphatic hydroxyl groups is 1. The number of carbonyl (C=O) groups is 1. The Morgan fingerprint density at radius 3 is 2.48 bits per heavy atom. The van der Waals surface area contributed by atoms with Crippen LogP contribution in [0.3, 0.4) is 0 Å². The first-order chi connectivity index (χ1) is 10.2. The minimum absolute atomic E-state index is 0.0738. The molecule has 2 heterocycles. The minimum atomic E-state index is -0.249. The lowest BCUT2D eigenvalue weighted by atomic mass is 9.98. The molecule has 112 valence electrons. The Labute approximate surface area is 125 Å². The van der Waals surface area contributed by atoms with E-state index in [1.807, 2.05) is 29.2 Å². The van der Waals surface area contributed by atoms with Crippen LogP contribution in [0.2, 0.25) is 0 Å². The molecule has 21 heavy (non-hydrogen) atoms. The number of hydrogen-bond acceptors (Lipinski definition) is 3. The van der Waals surface area contributed by atoms with Gasteiger partial charge in [0.1, 0.15) is 12.4 Å². The molecule has 2 aliphatic heterocycles. The topological polar surface area (TPSA) is 49.8 Å². The average Bonchev–Trinajstić information content (AvgIpc) is 2.77. The molecule has 2 unspecified atom stereocenters. The van der Waals surface area contributed by atoms with Gasteiger partial charge >= 0.3 is 0 Å². The molecule has 0 spiro atoms. The van der Waals surface area contributed by atoms with Crippen LogP contribution in [0, 0.1) is 0 Å². The van der Waals surface area contributed by atoms with E-state index in [0.29, 0.717) is 25.0 Å². The van der Waals surface area contributed by atoms with Crippen LogP contribution in [0.1, 0.15) is 36.0 Å². The standard InChI is InChI=1S/C17H21NO3/c1-2-9-21-16-7-3-12(4-8-16)17(20)18-13-5-6-14(18)11-15(19)10-13/h2-4,7-8,13-15,19H,1,5-6,9-11H2. The summed E-state index contributed by atoms with van der Waals surface area (Å²) in [5, 5.41) is 9.82. The van der Waals surface area contributed by atoms with Crippen LogP contribution < -0.4 is 4.74 Å². The van der Waals surface area contributed by atoms with Crippen molar-refractivity contribution < 1.29 is 14.6 Å². The summed E-state index contributed by atoms with van der Waals surface area (Å²) in [4.78, 5) is 14.7. The number of ether oxygens (including phenoxy) is 1. The predicted molar refractivity (Wildman–Crippen MR) is 80.4 cm³/mol. The van der Waals surface area contributed by atoms with Gasteiger partial charge in [0.15, 0.2) is 0 Å². The van der Waals surface area contributed by atoms with Crippen molar-refractivity contribution in [3.63, 3.8) is 0 Å². The van der Waals surface area contributed by atoms with Crippen molar-refractivity contribution in [1.29, 1.82) is 0 Å². The summed E-state index contributed by atoms with van der Waals surface area (Å²) in [6, 6.07) is 7.65. The molecule has 4 nitrogen and oxygen atoms in total. The summed E-state index contributed by atoms with van der Waals surface area (Å²) >= 11 is 0. The minimum Gasteiger partial charge on any atom is -0.490 e. The molecule has 4 heteroatoms. The summed E-state index contributed by atoms with van der Waals surface area (Å²) in [5.41, 5.74) is 0.689. The number of amides is 1. The molecular formula is C17H21NO3. The maximum absolute atomic E-state index is 12.7. The van der Waals surface area contributed by atoms with E-state index in [9.17, 15) is 9.90 Å². The van der Waals surface area contributed by atoms with Gasteiger partial charge in [0.05, 0.1) is 6.10 Å². The highest BCUT2D eigenvalue weighted by Crippen LogP contribution is 2.36. The second-order valence-electron chi connectivity index (χ2n) is 5.85. The highest BCUT2D eigenvalue weighted by Gasteiger charge is 2.42. The van der Waals surface area contributed by atoms with Gasteiger partial charge in [-0.25, -0.2) is 0 Å². The Kier molecular flexibility index (Phi) is 3.97. The number of piperidine rings is 1. The van der Waals surface area contributed by atoms with Gasteiger partial charge in [-0.2, -0.15) is 0 Å². The average molecular weight is 287 g/mol. The number of carbonyl (C=O) groups excluding carboxylic acids is 1. The molecule has 1 amide bonds. The molecular weight excluding hydrogens is 266 g/mol. The molecule has 2 saturated heterocycles. The van der Waals surface area contributed by atoms with Gasteiger partial charge in [-0.3, -0.25) is 4.79 Å². The molecule has 0 aromatic heterocycles. The Balaban J connectivity index is 1.72. The Bertz CT molecular complexity index is 511. The maximum Gasteiger partial charge on any atom is 0.254 e. The zero-order valence-corrected chi connectivity index (χ0v) is 12.1. The quantitative estimate of drug-likeness (QED) is 0.865. The van der Waals surface area contributed by atoms with E-state index in [1.165, 1.54) is 0 Å². The van der Waals surface area contributed by atoms with Gasteiger partial charge in [0.25, 0.3) is 5.91 Å². The Hall–Kier alpha value is -1.81. The second kappa shape index (κ2) is 5.90. The van der Waals surface area contributed by atoms with E-state index in [-0.39, 0.29) is 24.1 Å². The lowest BCUT2D eigenvalue weighted by molar-refractivity contribution is 0.0287. The van der Waals surface area contributed by atoms with Crippen LogP contribution in [-0.2, 0) is 0 Å². The zero-order valence-electron chi connectivity index (χ0n) is 12.1. The molecule has 0 aliphatic carbocycles. The Morgan fingerprint density at radius 2 is 1.90 bits per heavy atom. The monoisotopic (exact) mass is 287 g/mol. The molecule has 2 atom stereocenters. The summed E-state index contributed by atoms with van der Waals surface area (Å²) in [7, 11) is 0. The van der Waals surface area contributed by atoms with Gasteiger partial charge in [-0.1, -0.05) is 12.7 Å². The van der Waals surface area contributed by atoms with Crippen molar-refractivity contribution in [3.05, 3.63) is 42.5 Å². The summed E-state index contributed by atoms with van der Waals surface area (Å²) in [6.45, 7) is 4.07. The van der Waals surface area contributed by atoms with Gasteiger partial charge in [0.2, 0.25) is 0 Å². The number of benzene rings is 1. The molecule has 0 radical (unpaired) electrons. The van der Waals surface area contributed by atoms with Crippen LogP contribution in [-0.4, -0.2) is 40.7 Å². The van der Waals surface area contributed by atoms with E-state index < -0.39 is 0 Å². The fourth-order valence-electron chi connectivity index (χ4n) is 3.48. The van der Waals surface area contributed by atoms with Crippen molar-refractivity contribution in [2.75, 3.05) is 6.61 Å². The van der Waals surface area contributed by atoms with Crippen molar-refractivity contribution >= 4 is 5.91 Å². The van der Waals surface area contributed by atoms with Gasteiger partial charge < -0.3 is 14.7 Å². The van der Waals surface area contributed by atoms with Crippen LogP contribution in [0.25, 0.3) is 0 Å². The number of aliphatic hydroxyl groups excluding tert-OH is 1. The Morgan fingerprint density at radius 1 is 1.29 bits per heavy atom. The largest absolute Gasteiger partial charge is 0.490 e. The van der Waals surface area contributed by atoms with Crippen LogP contribution in [0.15, 0.2) is 36.9 Å². The fraction of sp³-hybridized carbons (Fsp3) is 0.471. The van der Waals surface area contributed by atoms with E-state index in [1.54, 1.807) is 6.08 Å². The number of rotatable bonds is 4. The SMILES string of the molecule is C=CCOc1ccc(C(=O)N2C3CCC2CC(O)C3)cc1. The molecule has 1 aromatic carbocycles. The third-order valence-corrected chi connectivity index (χ3v) is 4.41. The van der Waals surface area contributed by atoms with Gasteiger partial charge in [-0.05, 0) is 49.9 Å². The first kappa shape index (κ1) is 14.1. The normalized spacial score (nSPS) is 27.5. The molecule has 0 saturated carbocycles. The first-order valence-corrected chi connectivity index (χ1v) is 7.53. The van der Waals surface area contributed by atoms with Crippen LogP contribution in [0.4, 0.5) is 0 Å². The zero-order chi connectivity index (χ0) is 14.8. The van der Waals surface area contributed by atoms with Gasteiger partial charge in [-0.15, -0.1) is 0 Å². The van der Waals surface area contributed by atoms with Gasteiger partial charge in [0, 0.05) is 17.6 Å².